The highest BCUT2D eigenvalue weighted by Crippen LogP contribution is 2.40. The van der Waals surface area contributed by atoms with Gasteiger partial charge >= 0.3 is 5.97 Å². The number of aromatic nitrogens is 1. The third kappa shape index (κ3) is 4.32. The fraction of sp³-hybridized carbons (Fsp3) is 0.348. The smallest absolute Gasteiger partial charge is 0.304 e. The Kier molecular flexibility index (Phi) is 6.33. The fourth-order valence-electron chi connectivity index (χ4n) is 3.90. The van der Waals surface area contributed by atoms with Crippen LogP contribution in [0.2, 0.25) is 0 Å². The van der Waals surface area contributed by atoms with Gasteiger partial charge in [-0.1, -0.05) is 50.2 Å². The molecule has 152 valence electrons. The summed E-state index contributed by atoms with van der Waals surface area (Å²) in [4.78, 5) is 29.1. The number of carboxylic acids is 1. The predicted octanol–water partition coefficient (Wildman–Crippen LogP) is 4.51. The van der Waals surface area contributed by atoms with Gasteiger partial charge in [0.15, 0.2) is 0 Å². The van der Waals surface area contributed by atoms with Crippen LogP contribution < -0.4 is 5.32 Å². The first-order valence-electron chi connectivity index (χ1n) is 9.89. The number of carbonyl (C=O) groups is 2. The average molecular weight is 411 g/mol. The Morgan fingerprint density at radius 3 is 2.34 bits per heavy atom. The molecule has 2 N–H and O–H groups in total. The molecule has 0 bridgehead atoms. The maximum atomic E-state index is 13.0. The average Bonchev–Trinajstić information content (AvgIpc) is 3.29. The molecule has 0 atom stereocenters. The zero-order chi connectivity index (χ0) is 21.0. The van der Waals surface area contributed by atoms with E-state index in [0.717, 1.165) is 31.9 Å². The van der Waals surface area contributed by atoms with Crippen LogP contribution in [-0.4, -0.2) is 22.0 Å². The summed E-state index contributed by atoms with van der Waals surface area (Å²) >= 11 is 1.55. The van der Waals surface area contributed by atoms with Gasteiger partial charge in [-0.2, -0.15) is 0 Å². The van der Waals surface area contributed by atoms with E-state index in [9.17, 15) is 14.7 Å². The number of amides is 1. The Morgan fingerprint density at radius 1 is 1.10 bits per heavy atom. The first kappa shape index (κ1) is 21.0. The molecule has 0 radical (unpaired) electrons. The molecular weight excluding hydrogens is 384 g/mol. The van der Waals surface area contributed by atoms with Crippen LogP contribution in [0.5, 0.6) is 0 Å². The Morgan fingerprint density at radius 2 is 1.76 bits per heavy atom. The number of para-hydroxylation sites is 1. The minimum Gasteiger partial charge on any atom is -0.481 e. The lowest BCUT2D eigenvalue weighted by Crippen LogP contribution is -2.43. The largest absolute Gasteiger partial charge is 0.481 e. The van der Waals surface area contributed by atoms with Crippen molar-refractivity contribution in [3.05, 3.63) is 64.2 Å². The van der Waals surface area contributed by atoms with Gasteiger partial charge in [0.2, 0.25) is 5.91 Å². The molecule has 2 aromatic carbocycles. The van der Waals surface area contributed by atoms with Gasteiger partial charge in [-0.3, -0.25) is 9.59 Å². The van der Waals surface area contributed by atoms with Gasteiger partial charge < -0.3 is 10.4 Å². The topological polar surface area (TPSA) is 79.3 Å². The van der Waals surface area contributed by atoms with Crippen LogP contribution >= 0.6 is 11.3 Å². The lowest BCUT2D eigenvalue weighted by Gasteiger charge is -2.25. The van der Waals surface area contributed by atoms with Crippen molar-refractivity contribution in [3.8, 4) is 0 Å². The van der Waals surface area contributed by atoms with Crippen LogP contribution in [0.25, 0.3) is 10.2 Å². The number of aliphatic carboxylic acids is 1. The van der Waals surface area contributed by atoms with E-state index in [-0.39, 0.29) is 12.3 Å². The minimum absolute atomic E-state index is 0.174. The molecule has 0 aliphatic heterocycles. The van der Waals surface area contributed by atoms with Crippen LogP contribution in [0.1, 0.15) is 42.0 Å². The highest BCUT2D eigenvalue weighted by Gasteiger charge is 2.45. The van der Waals surface area contributed by atoms with Crippen molar-refractivity contribution in [1.29, 1.82) is 0 Å². The number of hydrogen-bond donors (Lipinski definition) is 2. The summed E-state index contributed by atoms with van der Waals surface area (Å²) in [6.45, 7) is 6.33. The van der Waals surface area contributed by atoms with E-state index < -0.39 is 11.4 Å². The van der Waals surface area contributed by atoms with E-state index >= 15 is 0 Å². The number of carbonyl (C=O) groups excluding carboxylic acids is 1. The van der Waals surface area contributed by atoms with Gasteiger partial charge in [0.25, 0.3) is 0 Å². The molecule has 5 nitrogen and oxygen atoms in total. The summed E-state index contributed by atoms with van der Waals surface area (Å²) in [7, 11) is 0. The molecule has 0 saturated heterocycles. The SMILES string of the molecule is CC.Cc1cccc2sc(CNC(=O)C3(CC(=O)O)Cc4ccccc4C3)nc12. The number of thiazole rings is 1. The van der Waals surface area contributed by atoms with E-state index in [4.69, 9.17) is 0 Å². The Balaban J connectivity index is 0.00000117. The first-order chi connectivity index (χ1) is 14.0. The number of fused-ring (bicyclic) bond motifs is 2. The molecule has 6 heteroatoms. The summed E-state index contributed by atoms with van der Waals surface area (Å²) < 4.78 is 1.09. The number of rotatable bonds is 5. The van der Waals surface area contributed by atoms with Crippen LogP contribution in [-0.2, 0) is 29.0 Å². The summed E-state index contributed by atoms with van der Waals surface area (Å²) in [6, 6.07) is 13.8. The van der Waals surface area contributed by atoms with Crippen molar-refractivity contribution >= 4 is 33.4 Å². The number of hydrogen-bond acceptors (Lipinski definition) is 4. The second-order valence-electron chi connectivity index (χ2n) is 7.19. The number of carboxylic acid groups (broad SMARTS) is 1. The second-order valence-corrected chi connectivity index (χ2v) is 8.30. The lowest BCUT2D eigenvalue weighted by atomic mass is 9.80. The molecular formula is C23H26N2O3S. The lowest BCUT2D eigenvalue weighted by molar-refractivity contribution is -0.145. The van der Waals surface area contributed by atoms with Gasteiger partial charge in [-0.15, -0.1) is 11.3 Å². The maximum absolute atomic E-state index is 13.0. The summed E-state index contributed by atoms with van der Waals surface area (Å²) in [6.07, 6.45) is 0.743. The van der Waals surface area contributed by atoms with Crippen LogP contribution in [0, 0.1) is 12.3 Å². The van der Waals surface area contributed by atoms with Crippen molar-refractivity contribution in [3.63, 3.8) is 0 Å². The molecule has 1 aliphatic rings. The molecule has 0 fully saturated rings. The Hall–Kier alpha value is -2.73. The molecule has 0 unspecified atom stereocenters. The molecule has 3 aromatic rings. The standard InChI is InChI=1S/C21H20N2O3S.C2H6/c1-13-5-4-8-16-19(13)23-17(27-16)12-22-20(26)21(11-18(24)25)9-14-6-2-3-7-15(14)10-21;1-2/h2-8H,9-12H2,1H3,(H,22,26)(H,24,25);1-2H3. The van der Waals surface area contributed by atoms with Gasteiger partial charge in [-0.25, -0.2) is 4.98 Å². The molecule has 0 spiro atoms. The highest BCUT2D eigenvalue weighted by molar-refractivity contribution is 7.18. The van der Waals surface area contributed by atoms with Gasteiger partial charge in [0.05, 0.1) is 28.6 Å². The second kappa shape index (κ2) is 8.74. The number of aryl methyl sites for hydroxylation is 1. The number of benzene rings is 2. The Labute approximate surface area is 174 Å². The molecule has 1 amide bonds. The third-order valence-electron chi connectivity index (χ3n) is 5.21. The van der Waals surface area contributed by atoms with Crippen molar-refractivity contribution < 1.29 is 14.7 Å². The number of nitrogens with one attached hydrogen (secondary N) is 1. The molecule has 29 heavy (non-hydrogen) atoms. The normalized spacial score (nSPS) is 14.0. The van der Waals surface area contributed by atoms with Crippen molar-refractivity contribution in [1.82, 2.24) is 10.3 Å². The van der Waals surface area contributed by atoms with Crippen molar-refractivity contribution in [2.45, 2.75) is 46.6 Å². The zero-order valence-electron chi connectivity index (χ0n) is 17.0. The summed E-state index contributed by atoms with van der Waals surface area (Å²) in [5, 5.41) is 13.2. The predicted molar refractivity (Wildman–Crippen MR) is 116 cm³/mol. The van der Waals surface area contributed by atoms with Gasteiger partial charge in [0, 0.05) is 0 Å². The van der Waals surface area contributed by atoms with E-state index in [1.807, 2.05) is 63.2 Å². The molecule has 0 saturated carbocycles. The van der Waals surface area contributed by atoms with Crippen LogP contribution in [0.3, 0.4) is 0 Å². The summed E-state index contributed by atoms with van der Waals surface area (Å²) in [5.41, 5.74) is 3.26. The van der Waals surface area contributed by atoms with E-state index in [1.165, 1.54) is 0 Å². The Bertz CT molecular complexity index is 1020. The van der Waals surface area contributed by atoms with E-state index in [0.29, 0.717) is 19.4 Å². The molecule has 4 rings (SSSR count). The summed E-state index contributed by atoms with van der Waals surface area (Å²) in [5.74, 6) is -1.16. The van der Waals surface area contributed by atoms with E-state index in [2.05, 4.69) is 10.3 Å². The van der Waals surface area contributed by atoms with Crippen molar-refractivity contribution in [2.24, 2.45) is 5.41 Å². The number of nitrogens with zero attached hydrogens (tertiary/aromatic N) is 1. The quantitative estimate of drug-likeness (QED) is 0.649. The molecule has 1 heterocycles. The first-order valence-corrected chi connectivity index (χ1v) is 10.7. The molecule has 1 aliphatic carbocycles. The van der Waals surface area contributed by atoms with Crippen LogP contribution in [0.15, 0.2) is 42.5 Å². The third-order valence-corrected chi connectivity index (χ3v) is 6.23. The van der Waals surface area contributed by atoms with Crippen LogP contribution in [0.4, 0.5) is 0 Å². The minimum atomic E-state index is -0.950. The molecule has 1 aromatic heterocycles. The van der Waals surface area contributed by atoms with Gasteiger partial charge in [0.1, 0.15) is 5.01 Å². The fourth-order valence-corrected chi connectivity index (χ4v) is 4.89. The van der Waals surface area contributed by atoms with Gasteiger partial charge in [-0.05, 0) is 42.5 Å². The van der Waals surface area contributed by atoms with Crippen molar-refractivity contribution in [2.75, 3.05) is 0 Å². The zero-order valence-corrected chi connectivity index (χ0v) is 17.8. The highest BCUT2D eigenvalue weighted by atomic mass is 32.1. The monoisotopic (exact) mass is 410 g/mol. The maximum Gasteiger partial charge on any atom is 0.304 e. The van der Waals surface area contributed by atoms with E-state index in [1.54, 1.807) is 11.3 Å².